The first kappa shape index (κ1) is 15.5. The van der Waals surface area contributed by atoms with Crippen molar-refractivity contribution >= 4 is 27.5 Å². The second-order valence-corrected chi connectivity index (χ2v) is 7.86. The fraction of sp³-hybridized carbons (Fsp3) is 0.375. The Morgan fingerprint density at radius 1 is 1.14 bits per heavy atom. The summed E-state index contributed by atoms with van der Waals surface area (Å²) in [5, 5.41) is 4.38. The molecule has 0 radical (unpaired) electrons. The first-order chi connectivity index (χ1) is 10.8. The third kappa shape index (κ3) is 4.08. The van der Waals surface area contributed by atoms with Crippen molar-refractivity contribution in [3.8, 4) is 5.69 Å². The summed E-state index contributed by atoms with van der Waals surface area (Å²) in [5.74, 6) is 2.32. The van der Waals surface area contributed by atoms with Gasteiger partial charge in [-0.25, -0.2) is 4.68 Å². The van der Waals surface area contributed by atoms with Crippen LogP contribution in [0.5, 0.6) is 0 Å². The number of carbonyl (C=O) groups is 1. The van der Waals surface area contributed by atoms with Gasteiger partial charge in [0.15, 0.2) is 0 Å². The maximum absolute atomic E-state index is 12.3. The topological polar surface area (TPSA) is 38.1 Å². The maximum atomic E-state index is 12.3. The van der Waals surface area contributed by atoms with Crippen LogP contribution in [-0.2, 0) is 11.2 Å². The van der Waals surface area contributed by atoms with Gasteiger partial charge in [-0.3, -0.25) is 4.79 Å². The van der Waals surface area contributed by atoms with Crippen LogP contribution in [0.15, 0.2) is 42.7 Å². The molecule has 2 aromatic rings. The standard InChI is InChI=1S/C16H19N3OS2/c20-16(18-8-10-21-22-11-9-18)7-6-14-12-17-19(13-14)15-4-2-1-3-5-15/h1-5,12-13H,6-11H2. The number of nitrogens with zero attached hydrogens (tertiary/aromatic N) is 3. The van der Waals surface area contributed by atoms with E-state index in [1.807, 2.05) is 73.9 Å². The lowest BCUT2D eigenvalue weighted by molar-refractivity contribution is -0.130. The Balaban J connectivity index is 1.55. The zero-order chi connectivity index (χ0) is 15.2. The molecule has 0 bridgehead atoms. The predicted octanol–water partition coefficient (Wildman–Crippen LogP) is 3.03. The molecule has 1 amide bonds. The van der Waals surface area contributed by atoms with Crippen LogP contribution >= 0.6 is 21.6 Å². The minimum absolute atomic E-state index is 0.260. The molecule has 0 atom stereocenters. The number of carbonyl (C=O) groups excluding carboxylic acids is 1. The molecule has 0 aliphatic carbocycles. The second kappa shape index (κ2) is 7.74. The molecular weight excluding hydrogens is 314 g/mol. The third-order valence-corrected chi connectivity index (χ3v) is 5.97. The van der Waals surface area contributed by atoms with Crippen LogP contribution in [0.3, 0.4) is 0 Å². The Morgan fingerprint density at radius 3 is 2.59 bits per heavy atom. The summed E-state index contributed by atoms with van der Waals surface area (Å²) >= 11 is 0. The highest BCUT2D eigenvalue weighted by molar-refractivity contribution is 8.76. The molecule has 4 nitrogen and oxygen atoms in total. The molecule has 0 N–H and O–H groups in total. The van der Waals surface area contributed by atoms with Gasteiger partial charge in [0.05, 0.1) is 11.9 Å². The van der Waals surface area contributed by atoms with Gasteiger partial charge in [-0.1, -0.05) is 39.8 Å². The summed E-state index contributed by atoms with van der Waals surface area (Å²) in [6.07, 6.45) is 5.18. The van der Waals surface area contributed by atoms with Crippen LogP contribution in [0.1, 0.15) is 12.0 Å². The number of benzene rings is 1. The monoisotopic (exact) mass is 333 g/mol. The van der Waals surface area contributed by atoms with E-state index in [-0.39, 0.29) is 5.91 Å². The van der Waals surface area contributed by atoms with Crippen molar-refractivity contribution in [1.82, 2.24) is 14.7 Å². The number of aromatic nitrogens is 2. The molecular formula is C16H19N3OS2. The van der Waals surface area contributed by atoms with Gasteiger partial charge in [0.25, 0.3) is 0 Å². The smallest absolute Gasteiger partial charge is 0.222 e. The molecule has 2 heterocycles. The number of rotatable bonds is 4. The van der Waals surface area contributed by atoms with Crippen LogP contribution in [0.2, 0.25) is 0 Å². The number of para-hydroxylation sites is 1. The average Bonchev–Trinajstić information content (AvgIpc) is 2.87. The largest absolute Gasteiger partial charge is 0.341 e. The summed E-state index contributed by atoms with van der Waals surface area (Å²) in [7, 11) is 3.72. The van der Waals surface area contributed by atoms with Crippen molar-refractivity contribution < 1.29 is 4.79 Å². The number of hydrogen-bond acceptors (Lipinski definition) is 4. The lowest BCUT2D eigenvalue weighted by Gasteiger charge is -2.19. The fourth-order valence-corrected chi connectivity index (χ4v) is 4.37. The highest BCUT2D eigenvalue weighted by atomic mass is 33.1. The molecule has 3 rings (SSSR count). The Labute approximate surface area is 138 Å². The number of aryl methyl sites for hydroxylation is 1. The molecule has 1 aliphatic heterocycles. The predicted molar refractivity (Wildman–Crippen MR) is 93.4 cm³/mol. The van der Waals surface area contributed by atoms with Crippen LogP contribution in [0.25, 0.3) is 5.69 Å². The summed E-state index contributed by atoms with van der Waals surface area (Å²) in [4.78, 5) is 14.3. The molecule has 1 fully saturated rings. The van der Waals surface area contributed by atoms with Gasteiger partial charge in [0.2, 0.25) is 5.91 Å². The van der Waals surface area contributed by atoms with E-state index in [0.717, 1.165) is 42.3 Å². The first-order valence-corrected chi connectivity index (χ1v) is 9.93. The molecule has 22 heavy (non-hydrogen) atoms. The summed E-state index contributed by atoms with van der Waals surface area (Å²) in [6.45, 7) is 1.75. The van der Waals surface area contributed by atoms with E-state index in [1.54, 1.807) is 0 Å². The van der Waals surface area contributed by atoms with E-state index in [0.29, 0.717) is 6.42 Å². The zero-order valence-corrected chi connectivity index (χ0v) is 14.0. The van der Waals surface area contributed by atoms with E-state index in [9.17, 15) is 4.79 Å². The van der Waals surface area contributed by atoms with Gasteiger partial charge in [0.1, 0.15) is 0 Å². The third-order valence-electron chi connectivity index (χ3n) is 3.61. The first-order valence-electron chi connectivity index (χ1n) is 7.44. The minimum atomic E-state index is 0.260. The Morgan fingerprint density at radius 2 is 1.86 bits per heavy atom. The van der Waals surface area contributed by atoms with Crippen LogP contribution < -0.4 is 0 Å². The Kier molecular flexibility index (Phi) is 5.45. The molecule has 0 saturated carbocycles. The van der Waals surface area contributed by atoms with Crippen LogP contribution in [0.4, 0.5) is 0 Å². The normalized spacial score (nSPS) is 15.5. The van der Waals surface area contributed by atoms with E-state index >= 15 is 0 Å². The van der Waals surface area contributed by atoms with Crippen molar-refractivity contribution in [2.75, 3.05) is 24.6 Å². The highest BCUT2D eigenvalue weighted by Gasteiger charge is 2.16. The van der Waals surface area contributed by atoms with Crippen LogP contribution in [0, 0.1) is 0 Å². The lowest BCUT2D eigenvalue weighted by atomic mass is 10.2. The summed E-state index contributed by atoms with van der Waals surface area (Å²) in [6, 6.07) is 10.0. The zero-order valence-electron chi connectivity index (χ0n) is 12.4. The molecule has 1 aromatic carbocycles. The van der Waals surface area contributed by atoms with Crippen LogP contribution in [-0.4, -0.2) is 45.2 Å². The van der Waals surface area contributed by atoms with E-state index < -0.39 is 0 Å². The molecule has 1 saturated heterocycles. The number of amides is 1. The summed E-state index contributed by atoms with van der Waals surface area (Å²) < 4.78 is 1.86. The van der Waals surface area contributed by atoms with Gasteiger partial charge in [-0.2, -0.15) is 5.10 Å². The van der Waals surface area contributed by atoms with Gasteiger partial charge in [-0.15, -0.1) is 0 Å². The Hall–Kier alpha value is -1.40. The van der Waals surface area contributed by atoms with E-state index in [2.05, 4.69) is 5.10 Å². The van der Waals surface area contributed by atoms with Gasteiger partial charge >= 0.3 is 0 Å². The molecule has 6 heteroatoms. The van der Waals surface area contributed by atoms with Crippen molar-refractivity contribution in [3.05, 3.63) is 48.3 Å². The molecule has 1 aliphatic rings. The van der Waals surface area contributed by atoms with Gasteiger partial charge < -0.3 is 4.90 Å². The van der Waals surface area contributed by atoms with Crippen molar-refractivity contribution in [1.29, 1.82) is 0 Å². The van der Waals surface area contributed by atoms with Gasteiger partial charge in [-0.05, 0) is 24.1 Å². The molecule has 1 aromatic heterocycles. The van der Waals surface area contributed by atoms with Crippen molar-refractivity contribution in [3.63, 3.8) is 0 Å². The maximum Gasteiger partial charge on any atom is 0.222 e. The van der Waals surface area contributed by atoms with E-state index in [1.165, 1.54) is 0 Å². The fourth-order valence-electron chi connectivity index (χ4n) is 2.39. The second-order valence-electron chi connectivity index (χ2n) is 5.15. The molecule has 0 spiro atoms. The van der Waals surface area contributed by atoms with Crippen molar-refractivity contribution in [2.45, 2.75) is 12.8 Å². The number of hydrogen-bond donors (Lipinski definition) is 0. The highest BCUT2D eigenvalue weighted by Crippen LogP contribution is 2.24. The lowest BCUT2D eigenvalue weighted by Crippen LogP contribution is -2.33. The minimum Gasteiger partial charge on any atom is -0.341 e. The van der Waals surface area contributed by atoms with E-state index in [4.69, 9.17) is 0 Å². The van der Waals surface area contributed by atoms with Crippen molar-refractivity contribution in [2.24, 2.45) is 0 Å². The summed E-state index contributed by atoms with van der Waals surface area (Å²) in [5.41, 5.74) is 2.15. The molecule has 0 unspecified atom stereocenters. The molecule has 116 valence electrons. The average molecular weight is 333 g/mol. The SMILES string of the molecule is O=C(CCc1cnn(-c2ccccc2)c1)N1CCSSCC1. The Bertz CT molecular complexity index is 607. The van der Waals surface area contributed by atoms with Gasteiger partial charge in [0, 0.05) is 37.2 Å². The quantitative estimate of drug-likeness (QED) is 0.806.